The topological polar surface area (TPSA) is 35.2 Å². The lowest BCUT2D eigenvalue weighted by molar-refractivity contribution is 0.184. The standard InChI is InChI=1S/C12H16BrNO/c1-15-8-9-3-2-4-11(13)10(9)7-12(14)5-6-12/h2-4H,5-8,14H2,1H3. The van der Waals surface area contributed by atoms with Gasteiger partial charge in [-0.1, -0.05) is 28.1 Å². The highest BCUT2D eigenvalue weighted by atomic mass is 79.9. The molecule has 0 aliphatic heterocycles. The highest BCUT2D eigenvalue weighted by Gasteiger charge is 2.38. The molecular weight excluding hydrogens is 254 g/mol. The summed E-state index contributed by atoms with van der Waals surface area (Å²) in [5.74, 6) is 0. The predicted octanol–water partition coefficient (Wildman–Crippen LogP) is 2.63. The fraction of sp³-hybridized carbons (Fsp3) is 0.500. The summed E-state index contributed by atoms with van der Waals surface area (Å²) in [7, 11) is 1.72. The Balaban J connectivity index is 2.25. The molecule has 0 radical (unpaired) electrons. The van der Waals surface area contributed by atoms with Gasteiger partial charge in [-0.2, -0.15) is 0 Å². The van der Waals surface area contributed by atoms with Gasteiger partial charge in [-0.25, -0.2) is 0 Å². The van der Waals surface area contributed by atoms with Crippen LogP contribution in [0.25, 0.3) is 0 Å². The SMILES string of the molecule is COCc1cccc(Br)c1CC1(N)CC1. The molecule has 1 aromatic carbocycles. The van der Waals surface area contributed by atoms with Crippen molar-refractivity contribution in [1.82, 2.24) is 0 Å². The molecule has 2 rings (SSSR count). The van der Waals surface area contributed by atoms with E-state index in [-0.39, 0.29) is 5.54 Å². The molecule has 0 heterocycles. The second-order valence-corrected chi connectivity index (χ2v) is 5.20. The summed E-state index contributed by atoms with van der Waals surface area (Å²) < 4.78 is 6.34. The Bertz CT molecular complexity index is 361. The first kappa shape index (κ1) is 11.1. The molecule has 0 atom stereocenters. The second-order valence-electron chi connectivity index (χ2n) is 4.35. The number of benzene rings is 1. The number of halogens is 1. The van der Waals surface area contributed by atoms with E-state index in [4.69, 9.17) is 10.5 Å². The van der Waals surface area contributed by atoms with E-state index in [9.17, 15) is 0 Å². The molecule has 0 amide bonds. The van der Waals surface area contributed by atoms with E-state index in [0.29, 0.717) is 6.61 Å². The molecule has 0 unspecified atom stereocenters. The molecule has 0 spiro atoms. The quantitative estimate of drug-likeness (QED) is 0.912. The van der Waals surface area contributed by atoms with E-state index in [2.05, 4.69) is 28.1 Å². The maximum Gasteiger partial charge on any atom is 0.0716 e. The molecule has 0 bridgehead atoms. The third-order valence-corrected chi connectivity index (χ3v) is 3.68. The van der Waals surface area contributed by atoms with Crippen LogP contribution in [0.1, 0.15) is 24.0 Å². The van der Waals surface area contributed by atoms with Crippen LogP contribution >= 0.6 is 15.9 Å². The van der Waals surface area contributed by atoms with Gasteiger partial charge >= 0.3 is 0 Å². The Morgan fingerprint density at radius 3 is 2.80 bits per heavy atom. The van der Waals surface area contributed by atoms with Crippen molar-refractivity contribution in [1.29, 1.82) is 0 Å². The monoisotopic (exact) mass is 269 g/mol. The molecule has 2 N–H and O–H groups in total. The van der Waals surface area contributed by atoms with Gasteiger partial charge in [-0.15, -0.1) is 0 Å². The lowest BCUT2D eigenvalue weighted by Gasteiger charge is -2.14. The van der Waals surface area contributed by atoms with Crippen LogP contribution in [0.5, 0.6) is 0 Å². The van der Waals surface area contributed by atoms with Crippen molar-refractivity contribution in [3.8, 4) is 0 Å². The molecule has 0 saturated heterocycles. The maximum atomic E-state index is 6.15. The average Bonchev–Trinajstić information content (AvgIpc) is 2.91. The molecule has 2 nitrogen and oxygen atoms in total. The Morgan fingerprint density at radius 1 is 1.47 bits per heavy atom. The van der Waals surface area contributed by atoms with Crippen LogP contribution in [0.2, 0.25) is 0 Å². The van der Waals surface area contributed by atoms with Gasteiger partial charge < -0.3 is 10.5 Å². The van der Waals surface area contributed by atoms with Crippen molar-refractivity contribution < 1.29 is 4.74 Å². The molecule has 1 saturated carbocycles. The van der Waals surface area contributed by atoms with Gasteiger partial charge in [0.15, 0.2) is 0 Å². The third-order valence-electron chi connectivity index (χ3n) is 2.94. The van der Waals surface area contributed by atoms with Crippen LogP contribution in [0.3, 0.4) is 0 Å². The number of hydrogen-bond acceptors (Lipinski definition) is 2. The Hall–Kier alpha value is -0.380. The van der Waals surface area contributed by atoms with Gasteiger partial charge in [0.1, 0.15) is 0 Å². The molecule has 82 valence electrons. The summed E-state index contributed by atoms with van der Waals surface area (Å²) in [6.07, 6.45) is 3.23. The Kier molecular flexibility index (Phi) is 3.14. The zero-order valence-corrected chi connectivity index (χ0v) is 10.5. The summed E-state index contributed by atoms with van der Waals surface area (Å²) in [6.45, 7) is 0.658. The molecule has 1 aliphatic carbocycles. The zero-order chi connectivity index (χ0) is 10.9. The molecule has 15 heavy (non-hydrogen) atoms. The van der Waals surface area contributed by atoms with Crippen LogP contribution in [-0.4, -0.2) is 12.6 Å². The van der Waals surface area contributed by atoms with Crippen LogP contribution < -0.4 is 5.73 Å². The average molecular weight is 270 g/mol. The maximum absolute atomic E-state index is 6.15. The fourth-order valence-electron chi connectivity index (χ4n) is 1.78. The predicted molar refractivity (Wildman–Crippen MR) is 64.7 cm³/mol. The summed E-state index contributed by atoms with van der Waals surface area (Å²) in [4.78, 5) is 0. The van der Waals surface area contributed by atoms with E-state index >= 15 is 0 Å². The largest absolute Gasteiger partial charge is 0.380 e. The minimum atomic E-state index is 0.0480. The normalized spacial score (nSPS) is 17.8. The second kappa shape index (κ2) is 4.24. The van der Waals surface area contributed by atoms with E-state index in [1.165, 1.54) is 11.1 Å². The first-order valence-corrected chi connectivity index (χ1v) is 5.98. The number of nitrogens with two attached hydrogens (primary N) is 1. The summed E-state index contributed by atoms with van der Waals surface area (Å²) in [5.41, 5.74) is 8.74. The fourth-order valence-corrected chi connectivity index (χ4v) is 2.33. The molecule has 1 aliphatic rings. The number of ether oxygens (including phenoxy) is 1. The molecular formula is C12H16BrNO. The zero-order valence-electron chi connectivity index (χ0n) is 8.92. The van der Waals surface area contributed by atoms with Crippen molar-refractivity contribution in [3.05, 3.63) is 33.8 Å². The minimum Gasteiger partial charge on any atom is -0.380 e. The molecule has 3 heteroatoms. The van der Waals surface area contributed by atoms with Gasteiger partial charge in [0.2, 0.25) is 0 Å². The van der Waals surface area contributed by atoms with E-state index in [1.54, 1.807) is 7.11 Å². The number of rotatable bonds is 4. The molecule has 1 fully saturated rings. The van der Waals surface area contributed by atoms with Crippen molar-refractivity contribution >= 4 is 15.9 Å². The number of hydrogen-bond donors (Lipinski definition) is 1. The van der Waals surface area contributed by atoms with Crippen molar-refractivity contribution in [2.24, 2.45) is 5.73 Å². The van der Waals surface area contributed by atoms with Crippen LogP contribution in [0, 0.1) is 0 Å². The lowest BCUT2D eigenvalue weighted by Crippen LogP contribution is -2.25. The van der Waals surface area contributed by atoms with Gasteiger partial charge in [-0.3, -0.25) is 0 Å². The first-order valence-electron chi connectivity index (χ1n) is 5.19. The van der Waals surface area contributed by atoms with E-state index < -0.39 is 0 Å². The molecule has 0 aromatic heterocycles. The van der Waals surface area contributed by atoms with Gasteiger partial charge in [0.25, 0.3) is 0 Å². The highest BCUT2D eigenvalue weighted by molar-refractivity contribution is 9.10. The third kappa shape index (κ3) is 2.60. The van der Waals surface area contributed by atoms with Gasteiger partial charge in [0.05, 0.1) is 6.61 Å². The van der Waals surface area contributed by atoms with Crippen molar-refractivity contribution in [3.63, 3.8) is 0 Å². The smallest absolute Gasteiger partial charge is 0.0716 e. The van der Waals surface area contributed by atoms with Gasteiger partial charge in [-0.05, 0) is 36.5 Å². The van der Waals surface area contributed by atoms with Crippen molar-refractivity contribution in [2.45, 2.75) is 31.4 Å². The summed E-state index contributed by atoms with van der Waals surface area (Å²) in [5, 5.41) is 0. The Morgan fingerprint density at radius 2 is 2.20 bits per heavy atom. The highest BCUT2D eigenvalue weighted by Crippen LogP contribution is 2.38. The molecule has 1 aromatic rings. The van der Waals surface area contributed by atoms with Crippen molar-refractivity contribution in [2.75, 3.05) is 7.11 Å². The summed E-state index contributed by atoms with van der Waals surface area (Å²) in [6, 6.07) is 6.22. The van der Waals surface area contributed by atoms with Crippen LogP contribution in [0.4, 0.5) is 0 Å². The summed E-state index contributed by atoms with van der Waals surface area (Å²) >= 11 is 3.59. The van der Waals surface area contributed by atoms with Gasteiger partial charge in [0, 0.05) is 17.1 Å². The minimum absolute atomic E-state index is 0.0480. The van der Waals surface area contributed by atoms with Crippen LogP contribution in [-0.2, 0) is 17.8 Å². The van der Waals surface area contributed by atoms with E-state index in [1.807, 2.05) is 6.07 Å². The number of methoxy groups -OCH3 is 1. The Labute approximate surface area is 98.9 Å². The van der Waals surface area contributed by atoms with E-state index in [0.717, 1.165) is 23.7 Å². The van der Waals surface area contributed by atoms with Crippen LogP contribution in [0.15, 0.2) is 22.7 Å². The lowest BCUT2D eigenvalue weighted by atomic mass is 10.00. The first-order chi connectivity index (χ1) is 7.14.